The highest BCUT2D eigenvalue weighted by Gasteiger charge is 2.25. The summed E-state index contributed by atoms with van der Waals surface area (Å²) in [6, 6.07) is 0. The molecule has 0 heterocycles. The van der Waals surface area contributed by atoms with E-state index in [4.69, 9.17) is 10.5 Å². The van der Waals surface area contributed by atoms with Crippen molar-refractivity contribution in [2.24, 2.45) is 11.7 Å². The van der Waals surface area contributed by atoms with Crippen molar-refractivity contribution in [3.63, 3.8) is 0 Å². The van der Waals surface area contributed by atoms with Crippen LogP contribution >= 0.6 is 0 Å². The van der Waals surface area contributed by atoms with Gasteiger partial charge in [-0.25, -0.2) is 0 Å². The zero-order valence-corrected chi connectivity index (χ0v) is 9.67. The Hall–Kier alpha value is -0.0800. The van der Waals surface area contributed by atoms with Crippen molar-refractivity contribution in [2.75, 3.05) is 6.54 Å². The molecule has 1 fully saturated rings. The van der Waals surface area contributed by atoms with E-state index >= 15 is 0 Å². The van der Waals surface area contributed by atoms with E-state index < -0.39 is 0 Å². The molecule has 0 amide bonds. The summed E-state index contributed by atoms with van der Waals surface area (Å²) >= 11 is 0. The lowest BCUT2D eigenvalue weighted by molar-refractivity contribution is -0.0578. The number of hydrogen-bond acceptors (Lipinski definition) is 2. The highest BCUT2D eigenvalue weighted by Crippen LogP contribution is 2.30. The Kier molecular flexibility index (Phi) is 5.49. The standard InChI is InChI=1S/C12H25NO/c1-3-10-7-5-6-8-12(10)14-11(4-2)9-13/h10-12H,3-9,13H2,1-2H3. The first kappa shape index (κ1) is 12.0. The third kappa shape index (κ3) is 3.25. The molecule has 0 saturated heterocycles. The summed E-state index contributed by atoms with van der Waals surface area (Å²) in [6.45, 7) is 5.10. The van der Waals surface area contributed by atoms with Gasteiger partial charge in [0, 0.05) is 6.54 Å². The van der Waals surface area contributed by atoms with Crippen LogP contribution in [-0.2, 0) is 4.74 Å². The van der Waals surface area contributed by atoms with Gasteiger partial charge < -0.3 is 10.5 Å². The minimum atomic E-state index is 0.284. The molecule has 0 aliphatic heterocycles. The van der Waals surface area contributed by atoms with E-state index in [1.807, 2.05) is 0 Å². The highest BCUT2D eigenvalue weighted by atomic mass is 16.5. The van der Waals surface area contributed by atoms with Gasteiger partial charge in [-0.1, -0.05) is 33.1 Å². The van der Waals surface area contributed by atoms with Crippen molar-refractivity contribution < 1.29 is 4.74 Å². The zero-order chi connectivity index (χ0) is 10.4. The maximum atomic E-state index is 6.07. The summed E-state index contributed by atoms with van der Waals surface area (Å²) in [5.74, 6) is 0.782. The predicted octanol–water partition coefficient (Wildman–Crippen LogP) is 2.71. The molecule has 1 aliphatic rings. The molecular weight excluding hydrogens is 174 g/mol. The first-order valence-corrected chi connectivity index (χ1v) is 6.17. The van der Waals surface area contributed by atoms with Crippen molar-refractivity contribution in [3.8, 4) is 0 Å². The molecule has 0 spiro atoms. The predicted molar refractivity (Wildman–Crippen MR) is 60.3 cm³/mol. The quantitative estimate of drug-likeness (QED) is 0.739. The lowest BCUT2D eigenvalue weighted by Gasteiger charge is -2.33. The molecule has 14 heavy (non-hydrogen) atoms. The Morgan fingerprint density at radius 3 is 2.57 bits per heavy atom. The molecule has 0 aromatic heterocycles. The summed E-state index contributed by atoms with van der Waals surface area (Å²) in [5, 5.41) is 0. The van der Waals surface area contributed by atoms with Crippen LogP contribution in [0.4, 0.5) is 0 Å². The summed E-state index contributed by atoms with van der Waals surface area (Å²) in [4.78, 5) is 0. The summed E-state index contributed by atoms with van der Waals surface area (Å²) < 4.78 is 6.07. The van der Waals surface area contributed by atoms with Crippen molar-refractivity contribution in [2.45, 2.75) is 64.6 Å². The zero-order valence-electron chi connectivity index (χ0n) is 9.67. The molecule has 1 rings (SSSR count). The molecule has 2 N–H and O–H groups in total. The van der Waals surface area contributed by atoms with Crippen LogP contribution in [0.5, 0.6) is 0 Å². The number of nitrogens with two attached hydrogens (primary N) is 1. The fraction of sp³-hybridized carbons (Fsp3) is 1.00. The molecule has 1 saturated carbocycles. The van der Waals surface area contributed by atoms with E-state index in [2.05, 4.69) is 13.8 Å². The van der Waals surface area contributed by atoms with Crippen LogP contribution in [0, 0.1) is 5.92 Å². The van der Waals surface area contributed by atoms with Gasteiger partial charge in [-0.05, 0) is 25.2 Å². The van der Waals surface area contributed by atoms with Crippen LogP contribution < -0.4 is 5.73 Å². The van der Waals surface area contributed by atoms with Gasteiger partial charge in [0.1, 0.15) is 0 Å². The maximum Gasteiger partial charge on any atom is 0.0698 e. The van der Waals surface area contributed by atoms with Gasteiger partial charge in [-0.2, -0.15) is 0 Å². The highest BCUT2D eigenvalue weighted by molar-refractivity contribution is 4.76. The Morgan fingerprint density at radius 1 is 1.29 bits per heavy atom. The third-order valence-corrected chi connectivity index (χ3v) is 3.45. The fourth-order valence-electron chi connectivity index (χ4n) is 2.39. The van der Waals surface area contributed by atoms with Crippen molar-refractivity contribution in [1.82, 2.24) is 0 Å². The van der Waals surface area contributed by atoms with E-state index in [1.54, 1.807) is 0 Å². The van der Waals surface area contributed by atoms with Crippen LogP contribution in [0.25, 0.3) is 0 Å². The molecule has 1 aliphatic carbocycles. The molecule has 3 unspecified atom stereocenters. The second-order valence-corrected chi connectivity index (χ2v) is 4.39. The first-order chi connectivity index (χ1) is 6.81. The Balaban J connectivity index is 2.39. The second kappa shape index (κ2) is 6.41. The van der Waals surface area contributed by atoms with E-state index in [-0.39, 0.29) is 6.10 Å². The minimum Gasteiger partial charge on any atom is -0.373 e. The van der Waals surface area contributed by atoms with Crippen LogP contribution in [0.1, 0.15) is 52.4 Å². The lowest BCUT2D eigenvalue weighted by atomic mass is 9.84. The normalized spacial score (nSPS) is 30.2. The average Bonchev–Trinajstić information content (AvgIpc) is 2.26. The van der Waals surface area contributed by atoms with Gasteiger partial charge in [0.15, 0.2) is 0 Å². The molecule has 0 aromatic carbocycles. The van der Waals surface area contributed by atoms with Gasteiger partial charge in [0.05, 0.1) is 12.2 Å². The number of ether oxygens (including phenoxy) is 1. The van der Waals surface area contributed by atoms with E-state index in [0.717, 1.165) is 12.3 Å². The van der Waals surface area contributed by atoms with Crippen LogP contribution in [0.15, 0.2) is 0 Å². The topological polar surface area (TPSA) is 35.2 Å². The molecule has 0 bridgehead atoms. The number of rotatable bonds is 5. The largest absolute Gasteiger partial charge is 0.373 e. The maximum absolute atomic E-state index is 6.07. The van der Waals surface area contributed by atoms with Gasteiger partial charge >= 0.3 is 0 Å². The van der Waals surface area contributed by atoms with Crippen LogP contribution in [0.2, 0.25) is 0 Å². The molecule has 2 heteroatoms. The molecule has 2 nitrogen and oxygen atoms in total. The molecule has 84 valence electrons. The Morgan fingerprint density at radius 2 is 2.00 bits per heavy atom. The van der Waals surface area contributed by atoms with Crippen molar-refractivity contribution >= 4 is 0 Å². The molecule has 0 radical (unpaired) electrons. The first-order valence-electron chi connectivity index (χ1n) is 6.17. The lowest BCUT2D eigenvalue weighted by Crippen LogP contribution is -2.34. The summed E-state index contributed by atoms with van der Waals surface area (Å²) in [6.07, 6.45) is 8.39. The average molecular weight is 199 g/mol. The molecular formula is C12H25NO. The van der Waals surface area contributed by atoms with Crippen molar-refractivity contribution in [1.29, 1.82) is 0 Å². The van der Waals surface area contributed by atoms with Gasteiger partial charge in [0.2, 0.25) is 0 Å². The Labute approximate surface area is 88.2 Å². The Bertz CT molecular complexity index is 145. The number of hydrogen-bond donors (Lipinski definition) is 1. The molecule has 3 atom stereocenters. The van der Waals surface area contributed by atoms with E-state index in [9.17, 15) is 0 Å². The second-order valence-electron chi connectivity index (χ2n) is 4.39. The SMILES string of the molecule is CCC(CN)OC1CCCCC1CC. The van der Waals surface area contributed by atoms with Gasteiger partial charge in [-0.15, -0.1) is 0 Å². The van der Waals surface area contributed by atoms with E-state index in [1.165, 1.54) is 32.1 Å². The fourth-order valence-corrected chi connectivity index (χ4v) is 2.39. The van der Waals surface area contributed by atoms with Crippen LogP contribution in [-0.4, -0.2) is 18.8 Å². The van der Waals surface area contributed by atoms with Crippen LogP contribution in [0.3, 0.4) is 0 Å². The van der Waals surface area contributed by atoms with Gasteiger partial charge in [-0.3, -0.25) is 0 Å². The van der Waals surface area contributed by atoms with Gasteiger partial charge in [0.25, 0.3) is 0 Å². The molecule has 0 aromatic rings. The summed E-state index contributed by atoms with van der Waals surface area (Å²) in [5.41, 5.74) is 5.66. The minimum absolute atomic E-state index is 0.284. The van der Waals surface area contributed by atoms with Crippen molar-refractivity contribution in [3.05, 3.63) is 0 Å². The summed E-state index contributed by atoms with van der Waals surface area (Å²) in [7, 11) is 0. The smallest absolute Gasteiger partial charge is 0.0698 e. The third-order valence-electron chi connectivity index (χ3n) is 3.45. The monoisotopic (exact) mass is 199 g/mol. The van der Waals surface area contributed by atoms with E-state index in [0.29, 0.717) is 12.6 Å².